The molecule has 0 saturated carbocycles. The van der Waals surface area contributed by atoms with Crippen LogP contribution in [0.15, 0.2) is 40.9 Å². The predicted octanol–water partition coefficient (Wildman–Crippen LogP) is 4.67. The molecule has 0 aliphatic heterocycles. The van der Waals surface area contributed by atoms with Crippen LogP contribution in [0.3, 0.4) is 0 Å². The molecular weight excluding hydrogens is 342 g/mol. The van der Waals surface area contributed by atoms with Crippen molar-refractivity contribution in [2.24, 2.45) is 0 Å². The molecular formula is C15H13BrClNO2. The Bertz CT molecular complexity index is 658. The largest absolute Gasteiger partial charge is 0.495 e. The van der Waals surface area contributed by atoms with Gasteiger partial charge in [-0.3, -0.25) is 4.79 Å². The van der Waals surface area contributed by atoms with E-state index in [4.69, 9.17) is 16.3 Å². The second kappa shape index (κ2) is 6.29. The molecule has 0 heterocycles. The number of aryl methyl sites for hydroxylation is 1. The van der Waals surface area contributed by atoms with E-state index in [0.717, 1.165) is 10.0 Å². The van der Waals surface area contributed by atoms with Crippen LogP contribution in [-0.4, -0.2) is 13.0 Å². The molecule has 1 amide bonds. The number of halogens is 2. The van der Waals surface area contributed by atoms with Crippen LogP contribution in [0.1, 0.15) is 15.9 Å². The van der Waals surface area contributed by atoms with Gasteiger partial charge in [-0.05, 0) is 58.7 Å². The van der Waals surface area contributed by atoms with Gasteiger partial charge in [-0.2, -0.15) is 0 Å². The lowest BCUT2D eigenvalue weighted by Crippen LogP contribution is -2.13. The highest BCUT2D eigenvalue weighted by atomic mass is 79.9. The van der Waals surface area contributed by atoms with Crippen molar-refractivity contribution in [2.45, 2.75) is 6.92 Å². The third-order valence-electron chi connectivity index (χ3n) is 2.78. The summed E-state index contributed by atoms with van der Waals surface area (Å²) < 4.78 is 5.95. The zero-order valence-corrected chi connectivity index (χ0v) is 13.4. The number of benzene rings is 2. The Morgan fingerprint density at radius 2 is 2.00 bits per heavy atom. The van der Waals surface area contributed by atoms with Gasteiger partial charge in [0.1, 0.15) is 5.75 Å². The molecule has 0 aliphatic carbocycles. The number of nitrogens with one attached hydrogen (secondary N) is 1. The molecule has 0 saturated heterocycles. The number of rotatable bonds is 3. The van der Waals surface area contributed by atoms with Gasteiger partial charge in [-0.25, -0.2) is 0 Å². The van der Waals surface area contributed by atoms with Gasteiger partial charge in [0.15, 0.2) is 0 Å². The fourth-order valence-corrected chi connectivity index (χ4v) is 2.62. The summed E-state index contributed by atoms with van der Waals surface area (Å²) in [4.78, 5) is 12.3. The number of hydrogen-bond acceptors (Lipinski definition) is 2. The Labute approximate surface area is 131 Å². The van der Waals surface area contributed by atoms with E-state index < -0.39 is 0 Å². The highest BCUT2D eigenvalue weighted by Gasteiger charge is 2.13. The fourth-order valence-electron chi connectivity index (χ4n) is 1.77. The van der Waals surface area contributed by atoms with Crippen LogP contribution in [0.4, 0.5) is 5.69 Å². The van der Waals surface area contributed by atoms with Crippen LogP contribution >= 0.6 is 27.5 Å². The summed E-state index contributed by atoms with van der Waals surface area (Å²) in [5, 5.41) is 3.33. The average Bonchev–Trinajstić information content (AvgIpc) is 2.38. The third kappa shape index (κ3) is 3.32. The van der Waals surface area contributed by atoms with Crippen molar-refractivity contribution in [3.8, 4) is 5.75 Å². The Hall–Kier alpha value is -1.52. The van der Waals surface area contributed by atoms with E-state index in [1.54, 1.807) is 31.4 Å². The quantitative estimate of drug-likeness (QED) is 0.869. The van der Waals surface area contributed by atoms with Crippen LogP contribution < -0.4 is 10.1 Å². The van der Waals surface area contributed by atoms with Crippen molar-refractivity contribution in [3.05, 3.63) is 57.0 Å². The van der Waals surface area contributed by atoms with Crippen molar-refractivity contribution in [1.29, 1.82) is 0 Å². The van der Waals surface area contributed by atoms with Crippen molar-refractivity contribution in [3.63, 3.8) is 0 Å². The highest BCUT2D eigenvalue weighted by Crippen LogP contribution is 2.29. The van der Waals surface area contributed by atoms with Crippen LogP contribution in [0.25, 0.3) is 0 Å². The minimum absolute atomic E-state index is 0.225. The van der Waals surface area contributed by atoms with Crippen LogP contribution in [0.5, 0.6) is 5.75 Å². The highest BCUT2D eigenvalue weighted by molar-refractivity contribution is 9.10. The Balaban J connectivity index is 2.30. The molecule has 0 bridgehead atoms. The van der Waals surface area contributed by atoms with Crippen LogP contribution in [-0.2, 0) is 0 Å². The van der Waals surface area contributed by atoms with E-state index in [0.29, 0.717) is 22.0 Å². The van der Waals surface area contributed by atoms with Gasteiger partial charge in [0.25, 0.3) is 5.91 Å². The molecule has 3 nitrogen and oxygen atoms in total. The van der Waals surface area contributed by atoms with Gasteiger partial charge < -0.3 is 10.1 Å². The number of carbonyl (C=O) groups is 1. The van der Waals surface area contributed by atoms with Gasteiger partial charge in [-0.15, -0.1) is 0 Å². The maximum atomic E-state index is 12.3. The molecule has 0 fully saturated rings. The summed E-state index contributed by atoms with van der Waals surface area (Å²) in [6.07, 6.45) is 0. The van der Waals surface area contributed by atoms with Crippen molar-refractivity contribution < 1.29 is 9.53 Å². The summed E-state index contributed by atoms with van der Waals surface area (Å²) in [5.74, 6) is 0.337. The van der Waals surface area contributed by atoms with Gasteiger partial charge in [-0.1, -0.05) is 17.7 Å². The maximum absolute atomic E-state index is 12.3. The molecule has 0 atom stereocenters. The van der Waals surface area contributed by atoms with E-state index in [9.17, 15) is 4.79 Å². The topological polar surface area (TPSA) is 38.3 Å². The van der Waals surface area contributed by atoms with E-state index in [2.05, 4.69) is 21.2 Å². The summed E-state index contributed by atoms with van der Waals surface area (Å²) in [5.41, 5.74) is 2.17. The average molecular weight is 355 g/mol. The first-order chi connectivity index (χ1) is 9.51. The molecule has 0 radical (unpaired) electrons. The van der Waals surface area contributed by atoms with Crippen molar-refractivity contribution in [1.82, 2.24) is 0 Å². The van der Waals surface area contributed by atoms with E-state index >= 15 is 0 Å². The van der Waals surface area contributed by atoms with E-state index in [-0.39, 0.29) is 5.91 Å². The standard InChI is InChI=1S/C15H13BrClNO2/c1-9-3-5-11(12(16)7-9)15(19)18-13-8-10(17)4-6-14(13)20-2/h3-8H,1-2H3,(H,18,19). The smallest absolute Gasteiger partial charge is 0.256 e. The van der Waals surface area contributed by atoms with Crippen LogP contribution in [0, 0.1) is 6.92 Å². The zero-order chi connectivity index (χ0) is 14.7. The third-order valence-corrected chi connectivity index (χ3v) is 3.67. The van der Waals surface area contributed by atoms with Gasteiger partial charge in [0.2, 0.25) is 0 Å². The first-order valence-electron chi connectivity index (χ1n) is 5.92. The summed E-state index contributed by atoms with van der Waals surface area (Å²) >= 11 is 9.33. The second-order valence-electron chi connectivity index (χ2n) is 4.28. The summed E-state index contributed by atoms with van der Waals surface area (Å²) in [6.45, 7) is 1.96. The molecule has 5 heteroatoms. The van der Waals surface area contributed by atoms with Crippen LogP contribution in [0.2, 0.25) is 5.02 Å². The molecule has 0 spiro atoms. The normalized spacial score (nSPS) is 10.2. The van der Waals surface area contributed by atoms with E-state index in [1.165, 1.54) is 0 Å². The number of carbonyl (C=O) groups excluding carboxylic acids is 1. The first-order valence-corrected chi connectivity index (χ1v) is 7.09. The predicted molar refractivity (Wildman–Crippen MR) is 84.8 cm³/mol. The Morgan fingerprint density at radius 3 is 2.65 bits per heavy atom. The second-order valence-corrected chi connectivity index (χ2v) is 5.57. The van der Waals surface area contributed by atoms with Crippen molar-refractivity contribution >= 4 is 39.1 Å². The molecule has 0 aromatic heterocycles. The van der Waals surface area contributed by atoms with E-state index in [1.807, 2.05) is 19.1 Å². The zero-order valence-electron chi connectivity index (χ0n) is 11.0. The van der Waals surface area contributed by atoms with Gasteiger partial charge in [0, 0.05) is 9.50 Å². The monoisotopic (exact) mass is 353 g/mol. The maximum Gasteiger partial charge on any atom is 0.256 e. The SMILES string of the molecule is COc1ccc(Cl)cc1NC(=O)c1ccc(C)cc1Br. The minimum atomic E-state index is -0.225. The molecule has 2 rings (SSSR count). The molecule has 20 heavy (non-hydrogen) atoms. The Morgan fingerprint density at radius 1 is 1.25 bits per heavy atom. The molecule has 0 unspecified atom stereocenters. The number of methoxy groups -OCH3 is 1. The number of ether oxygens (including phenoxy) is 1. The lowest BCUT2D eigenvalue weighted by molar-refractivity contribution is 0.102. The lowest BCUT2D eigenvalue weighted by atomic mass is 10.1. The Kier molecular flexibility index (Phi) is 4.68. The first kappa shape index (κ1) is 14.9. The molecule has 2 aromatic carbocycles. The summed E-state index contributed by atoms with van der Waals surface area (Å²) in [7, 11) is 1.54. The number of anilines is 1. The van der Waals surface area contributed by atoms with Crippen molar-refractivity contribution in [2.75, 3.05) is 12.4 Å². The molecule has 1 N–H and O–H groups in total. The lowest BCUT2D eigenvalue weighted by Gasteiger charge is -2.11. The summed E-state index contributed by atoms with van der Waals surface area (Å²) in [6, 6.07) is 10.6. The van der Waals surface area contributed by atoms with Gasteiger partial charge in [0.05, 0.1) is 18.4 Å². The number of amides is 1. The van der Waals surface area contributed by atoms with Gasteiger partial charge >= 0.3 is 0 Å². The molecule has 0 aliphatic rings. The minimum Gasteiger partial charge on any atom is -0.495 e. The fraction of sp³-hybridized carbons (Fsp3) is 0.133. The molecule has 104 valence electrons. The molecule has 2 aromatic rings. The number of hydrogen-bond donors (Lipinski definition) is 1.